The molecule has 1 saturated carbocycles. The second kappa shape index (κ2) is 8.97. The first kappa shape index (κ1) is 24.7. The lowest BCUT2D eigenvalue weighted by Crippen LogP contribution is -2.51. The largest absolute Gasteiger partial charge is 0.321 e. The standard InChI is InChI=1S/C28H28FN5O3S/c1-18-9-11-30-24(13-18)27(35)28-15-19-10-12-34(22-6-4-21(29)5-7-22)25(19)14-20(28)3-8-23(16-28)38(36,37)26-17-31-33(2)32-26/h4-7,9-13,17,20,23H,3,8,14-16H2,1-2H3/t20?,23-,28-/m0/s1. The van der Waals surface area contributed by atoms with Gasteiger partial charge in [0.05, 0.1) is 11.4 Å². The number of sulfone groups is 1. The van der Waals surface area contributed by atoms with Gasteiger partial charge in [0, 0.05) is 36.2 Å². The molecule has 3 atom stereocenters. The summed E-state index contributed by atoms with van der Waals surface area (Å²) >= 11 is 0. The summed E-state index contributed by atoms with van der Waals surface area (Å²) in [5, 5.41) is 7.22. The number of halogens is 1. The van der Waals surface area contributed by atoms with Gasteiger partial charge in [-0.2, -0.15) is 9.90 Å². The average Bonchev–Trinajstić information content (AvgIpc) is 3.53. The van der Waals surface area contributed by atoms with Crippen molar-refractivity contribution < 1.29 is 17.6 Å². The molecule has 2 aliphatic rings. The van der Waals surface area contributed by atoms with Crippen LogP contribution in [0.2, 0.25) is 0 Å². The van der Waals surface area contributed by atoms with Crippen LogP contribution in [0.5, 0.6) is 0 Å². The van der Waals surface area contributed by atoms with Crippen molar-refractivity contribution in [3.8, 4) is 5.69 Å². The summed E-state index contributed by atoms with van der Waals surface area (Å²) in [5.41, 5.74) is 3.32. The van der Waals surface area contributed by atoms with E-state index in [4.69, 9.17) is 0 Å². The fourth-order valence-electron chi connectivity index (χ4n) is 6.33. The summed E-state index contributed by atoms with van der Waals surface area (Å²) in [6, 6.07) is 12.0. The molecule has 0 amide bonds. The molecule has 196 valence electrons. The van der Waals surface area contributed by atoms with Gasteiger partial charge in [-0.05, 0) is 98.5 Å². The van der Waals surface area contributed by atoms with Gasteiger partial charge < -0.3 is 4.57 Å². The summed E-state index contributed by atoms with van der Waals surface area (Å²) in [4.78, 5) is 19.9. The number of hydrogen-bond donors (Lipinski definition) is 0. The zero-order valence-corrected chi connectivity index (χ0v) is 22.0. The van der Waals surface area contributed by atoms with Crippen molar-refractivity contribution in [2.24, 2.45) is 18.4 Å². The van der Waals surface area contributed by atoms with Gasteiger partial charge in [0.2, 0.25) is 9.84 Å². The minimum atomic E-state index is -3.78. The number of aromatic nitrogens is 5. The fourth-order valence-corrected chi connectivity index (χ4v) is 8.06. The lowest BCUT2D eigenvalue weighted by Gasteiger charge is -2.48. The van der Waals surface area contributed by atoms with Crippen LogP contribution >= 0.6 is 0 Å². The number of ketones is 1. The smallest absolute Gasteiger partial charge is 0.201 e. The van der Waals surface area contributed by atoms with Crippen LogP contribution in [-0.2, 0) is 29.7 Å². The van der Waals surface area contributed by atoms with Gasteiger partial charge in [-0.1, -0.05) is 0 Å². The Labute approximate surface area is 220 Å². The van der Waals surface area contributed by atoms with Crippen molar-refractivity contribution in [1.29, 1.82) is 0 Å². The van der Waals surface area contributed by atoms with Crippen LogP contribution in [0.15, 0.2) is 66.1 Å². The molecular weight excluding hydrogens is 505 g/mol. The number of hydrogen-bond acceptors (Lipinski definition) is 6. The SMILES string of the molecule is Cc1ccnc(C(=O)[C@]23Cc4ccn(-c5ccc(F)cc5)c4CC2CC[C@H](S(=O)(=O)c2cnn(C)n2)C3)c1. The summed E-state index contributed by atoms with van der Waals surface area (Å²) in [7, 11) is -2.20. The first-order valence-electron chi connectivity index (χ1n) is 12.7. The van der Waals surface area contributed by atoms with Gasteiger partial charge >= 0.3 is 0 Å². The van der Waals surface area contributed by atoms with Crippen molar-refractivity contribution in [3.63, 3.8) is 0 Å². The molecule has 1 aromatic carbocycles. The molecule has 6 rings (SSSR count). The van der Waals surface area contributed by atoms with Crippen molar-refractivity contribution >= 4 is 15.6 Å². The van der Waals surface area contributed by atoms with E-state index in [0.717, 1.165) is 22.5 Å². The molecule has 1 fully saturated rings. The lowest BCUT2D eigenvalue weighted by atomic mass is 9.56. The number of carbonyl (C=O) groups is 1. The van der Waals surface area contributed by atoms with E-state index in [9.17, 15) is 17.6 Å². The van der Waals surface area contributed by atoms with Gasteiger partial charge in [-0.15, -0.1) is 5.10 Å². The van der Waals surface area contributed by atoms with Gasteiger partial charge in [-0.3, -0.25) is 9.78 Å². The van der Waals surface area contributed by atoms with Crippen LogP contribution < -0.4 is 0 Å². The second-order valence-corrected chi connectivity index (χ2v) is 12.7. The van der Waals surface area contributed by atoms with E-state index in [1.807, 2.05) is 25.3 Å². The Hall–Kier alpha value is -3.66. The van der Waals surface area contributed by atoms with Crippen LogP contribution in [0.4, 0.5) is 4.39 Å². The van der Waals surface area contributed by atoms with E-state index in [1.54, 1.807) is 31.4 Å². The van der Waals surface area contributed by atoms with Crippen molar-refractivity contribution in [3.05, 3.63) is 89.4 Å². The lowest BCUT2D eigenvalue weighted by molar-refractivity contribution is 0.0487. The third kappa shape index (κ3) is 3.98. The number of benzene rings is 1. The van der Waals surface area contributed by atoms with Crippen molar-refractivity contribution in [2.75, 3.05) is 0 Å². The summed E-state index contributed by atoms with van der Waals surface area (Å²) in [6.45, 7) is 1.91. The quantitative estimate of drug-likeness (QED) is 0.359. The van der Waals surface area contributed by atoms with E-state index in [0.29, 0.717) is 31.4 Å². The Balaban J connectivity index is 1.43. The molecular formula is C28H28FN5O3S. The highest BCUT2D eigenvalue weighted by Gasteiger charge is 2.55. The predicted octanol–water partition coefficient (Wildman–Crippen LogP) is 4.06. The maximum absolute atomic E-state index is 14.3. The normalized spacial score (nSPS) is 23.0. The van der Waals surface area contributed by atoms with E-state index in [-0.39, 0.29) is 29.0 Å². The number of pyridine rings is 1. The minimum Gasteiger partial charge on any atom is -0.321 e. The van der Waals surface area contributed by atoms with Crippen LogP contribution in [0.1, 0.15) is 46.6 Å². The van der Waals surface area contributed by atoms with Crippen molar-refractivity contribution in [2.45, 2.75) is 49.3 Å². The third-order valence-corrected chi connectivity index (χ3v) is 10.3. The molecule has 2 aliphatic carbocycles. The van der Waals surface area contributed by atoms with Gasteiger partial charge in [0.15, 0.2) is 10.8 Å². The molecule has 0 bridgehead atoms. The van der Waals surface area contributed by atoms with E-state index < -0.39 is 20.5 Å². The first-order valence-corrected chi connectivity index (χ1v) is 14.2. The molecule has 0 spiro atoms. The van der Waals surface area contributed by atoms with Crippen LogP contribution in [-0.4, -0.2) is 44.0 Å². The van der Waals surface area contributed by atoms with Gasteiger partial charge in [-0.25, -0.2) is 12.8 Å². The van der Waals surface area contributed by atoms with Crippen LogP contribution in [0.3, 0.4) is 0 Å². The second-order valence-electron chi connectivity index (χ2n) is 10.5. The molecule has 1 unspecified atom stereocenters. The van der Waals surface area contributed by atoms with Crippen LogP contribution in [0.25, 0.3) is 5.69 Å². The summed E-state index contributed by atoms with van der Waals surface area (Å²) in [5.74, 6) is -0.467. The number of Topliss-reactive ketones (excluding diaryl/α,β-unsaturated/α-hetero) is 1. The number of rotatable bonds is 5. The summed E-state index contributed by atoms with van der Waals surface area (Å²) < 4.78 is 42.8. The van der Waals surface area contributed by atoms with Gasteiger partial charge in [0.1, 0.15) is 11.5 Å². The first-order chi connectivity index (χ1) is 18.2. The molecule has 3 aromatic heterocycles. The Morgan fingerprint density at radius 3 is 2.63 bits per heavy atom. The zero-order valence-electron chi connectivity index (χ0n) is 21.2. The zero-order chi connectivity index (χ0) is 26.7. The molecule has 0 radical (unpaired) electrons. The van der Waals surface area contributed by atoms with Crippen molar-refractivity contribution in [1.82, 2.24) is 24.5 Å². The Kier molecular flexibility index (Phi) is 5.82. The minimum absolute atomic E-state index is 0.0568. The predicted molar refractivity (Wildman–Crippen MR) is 138 cm³/mol. The number of nitrogens with zero attached hydrogens (tertiary/aromatic N) is 5. The molecule has 0 aliphatic heterocycles. The average molecular weight is 534 g/mol. The Bertz CT molecular complexity index is 1640. The highest BCUT2D eigenvalue weighted by atomic mass is 32.2. The van der Waals surface area contributed by atoms with Crippen LogP contribution in [0, 0.1) is 24.1 Å². The highest BCUT2D eigenvalue weighted by molar-refractivity contribution is 7.92. The number of carbonyl (C=O) groups excluding carboxylic acids is 1. The molecule has 38 heavy (non-hydrogen) atoms. The molecule has 10 heteroatoms. The molecule has 8 nitrogen and oxygen atoms in total. The third-order valence-electron chi connectivity index (χ3n) is 8.26. The van der Waals surface area contributed by atoms with E-state index >= 15 is 0 Å². The maximum atomic E-state index is 14.3. The molecule has 0 saturated heterocycles. The summed E-state index contributed by atoms with van der Waals surface area (Å²) in [6.07, 6.45) is 7.11. The monoisotopic (exact) mass is 533 g/mol. The molecule has 4 aromatic rings. The fraction of sp³-hybridized carbons (Fsp3) is 0.357. The number of aryl methyl sites for hydroxylation is 2. The van der Waals surface area contributed by atoms with Gasteiger partial charge in [0.25, 0.3) is 0 Å². The number of fused-ring (bicyclic) bond motifs is 2. The van der Waals surface area contributed by atoms with E-state index in [2.05, 4.69) is 19.7 Å². The Morgan fingerprint density at radius 2 is 1.92 bits per heavy atom. The van der Waals surface area contributed by atoms with E-state index in [1.165, 1.54) is 23.1 Å². The maximum Gasteiger partial charge on any atom is 0.201 e. The molecule has 3 heterocycles. The highest BCUT2D eigenvalue weighted by Crippen LogP contribution is 2.53. The Morgan fingerprint density at radius 1 is 1.13 bits per heavy atom. The molecule has 0 N–H and O–H groups in total. The topological polar surface area (TPSA) is 99.7 Å².